The fourth-order valence-corrected chi connectivity index (χ4v) is 1.23. The maximum atomic E-state index is 9.89. The largest absolute Gasteiger partial charge is 0.387 e. The molecule has 74 valence electrons. The predicted octanol–water partition coefficient (Wildman–Crippen LogP) is 1.61. The van der Waals surface area contributed by atoms with Gasteiger partial charge in [0, 0.05) is 0 Å². The van der Waals surface area contributed by atoms with Crippen LogP contribution < -0.4 is 0 Å². The molecule has 0 rings (SSSR count). The Kier molecular flexibility index (Phi) is 4.59. The van der Waals surface area contributed by atoms with Crippen LogP contribution in [0.3, 0.4) is 0 Å². The second-order valence-electron chi connectivity index (χ2n) is 3.73. The molecular formula is C9H20O2S. The molecular weight excluding hydrogens is 172 g/mol. The standard InChI is InChI=1S/C9H20O2S/c1-4-8(2,10)9(3,11)6-5-7-12/h10-12H,4-7H2,1-3H3. The predicted molar refractivity (Wildman–Crippen MR) is 54.6 cm³/mol. The maximum absolute atomic E-state index is 9.89. The summed E-state index contributed by atoms with van der Waals surface area (Å²) >= 11 is 4.06. The molecule has 0 aromatic carbocycles. The molecule has 0 radical (unpaired) electrons. The molecule has 2 nitrogen and oxygen atoms in total. The van der Waals surface area contributed by atoms with Gasteiger partial charge in [-0.2, -0.15) is 12.6 Å². The highest BCUT2D eigenvalue weighted by molar-refractivity contribution is 7.80. The van der Waals surface area contributed by atoms with E-state index < -0.39 is 11.2 Å². The Morgan fingerprint density at radius 1 is 1.17 bits per heavy atom. The van der Waals surface area contributed by atoms with Gasteiger partial charge in [0.2, 0.25) is 0 Å². The first-order valence-electron chi connectivity index (χ1n) is 4.43. The number of thiol groups is 1. The molecule has 0 heterocycles. The van der Waals surface area contributed by atoms with Gasteiger partial charge in [0.15, 0.2) is 0 Å². The molecule has 0 amide bonds. The van der Waals surface area contributed by atoms with Crippen molar-refractivity contribution in [2.45, 2.75) is 51.2 Å². The molecule has 0 aliphatic rings. The van der Waals surface area contributed by atoms with Crippen molar-refractivity contribution in [1.29, 1.82) is 0 Å². The lowest BCUT2D eigenvalue weighted by atomic mass is 9.81. The van der Waals surface area contributed by atoms with Crippen LogP contribution in [0.2, 0.25) is 0 Å². The van der Waals surface area contributed by atoms with E-state index in [1.165, 1.54) is 0 Å². The zero-order valence-corrected chi connectivity index (χ0v) is 9.06. The minimum atomic E-state index is -0.996. The van der Waals surface area contributed by atoms with E-state index in [1.807, 2.05) is 6.92 Å². The van der Waals surface area contributed by atoms with E-state index >= 15 is 0 Å². The topological polar surface area (TPSA) is 40.5 Å². The van der Waals surface area contributed by atoms with Gasteiger partial charge in [-0.3, -0.25) is 0 Å². The Bertz CT molecular complexity index is 132. The Balaban J connectivity index is 4.17. The van der Waals surface area contributed by atoms with Gasteiger partial charge < -0.3 is 10.2 Å². The number of rotatable bonds is 5. The van der Waals surface area contributed by atoms with Crippen LogP contribution >= 0.6 is 12.6 Å². The van der Waals surface area contributed by atoms with Crippen LogP contribution in [-0.4, -0.2) is 27.2 Å². The molecule has 0 aromatic heterocycles. The Morgan fingerprint density at radius 2 is 1.67 bits per heavy atom. The van der Waals surface area contributed by atoms with Crippen molar-refractivity contribution < 1.29 is 10.2 Å². The molecule has 2 N–H and O–H groups in total. The summed E-state index contributed by atoms with van der Waals surface area (Å²) in [6.07, 6.45) is 1.98. The first-order valence-corrected chi connectivity index (χ1v) is 5.06. The first-order chi connectivity index (χ1) is 5.37. The summed E-state index contributed by atoms with van der Waals surface area (Å²) in [5.41, 5.74) is -1.99. The summed E-state index contributed by atoms with van der Waals surface area (Å²) in [5.74, 6) is 0.746. The smallest absolute Gasteiger partial charge is 0.0902 e. The van der Waals surface area contributed by atoms with Crippen LogP contribution in [0.1, 0.15) is 40.0 Å². The van der Waals surface area contributed by atoms with Crippen molar-refractivity contribution in [3.8, 4) is 0 Å². The SMILES string of the molecule is CCC(C)(O)C(C)(O)CCCS. The zero-order chi connectivity index (χ0) is 9.83. The number of hydrogen-bond acceptors (Lipinski definition) is 3. The molecule has 2 atom stereocenters. The van der Waals surface area contributed by atoms with Crippen molar-refractivity contribution in [1.82, 2.24) is 0 Å². The van der Waals surface area contributed by atoms with Gasteiger partial charge in [0.1, 0.15) is 0 Å². The van der Waals surface area contributed by atoms with E-state index in [9.17, 15) is 10.2 Å². The minimum absolute atomic E-state index is 0.562. The van der Waals surface area contributed by atoms with Crippen molar-refractivity contribution in [2.24, 2.45) is 0 Å². The molecule has 0 aliphatic heterocycles. The van der Waals surface area contributed by atoms with Gasteiger partial charge in [0.05, 0.1) is 11.2 Å². The number of aliphatic hydroxyl groups is 2. The van der Waals surface area contributed by atoms with Gasteiger partial charge in [-0.15, -0.1) is 0 Å². The summed E-state index contributed by atoms with van der Waals surface area (Å²) in [6.45, 7) is 5.22. The third-order valence-electron chi connectivity index (χ3n) is 2.67. The van der Waals surface area contributed by atoms with Gasteiger partial charge >= 0.3 is 0 Å². The van der Waals surface area contributed by atoms with Crippen LogP contribution in [0, 0.1) is 0 Å². The highest BCUT2D eigenvalue weighted by Gasteiger charge is 2.39. The van der Waals surface area contributed by atoms with E-state index in [1.54, 1.807) is 13.8 Å². The third-order valence-corrected chi connectivity index (χ3v) is 2.99. The van der Waals surface area contributed by atoms with Gasteiger partial charge in [-0.1, -0.05) is 6.92 Å². The normalized spacial score (nSPS) is 21.5. The highest BCUT2D eigenvalue weighted by atomic mass is 32.1. The van der Waals surface area contributed by atoms with Crippen molar-refractivity contribution in [3.63, 3.8) is 0 Å². The fraction of sp³-hybridized carbons (Fsp3) is 1.00. The fourth-order valence-electron chi connectivity index (χ4n) is 1.07. The van der Waals surface area contributed by atoms with E-state index in [0.717, 1.165) is 12.2 Å². The van der Waals surface area contributed by atoms with Crippen LogP contribution in [0.15, 0.2) is 0 Å². The second-order valence-corrected chi connectivity index (χ2v) is 4.18. The molecule has 0 saturated heterocycles. The molecule has 0 saturated carbocycles. The molecule has 12 heavy (non-hydrogen) atoms. The van der Waals surface area contributed by atoms with E-state index in [2.05, 4.69) is 12.6 Å². The highest BCUT2D eigenvalue weighted by Crippen LogP contribution is 2.29. The average molecular weight is 192 g/mol. The molecule has 2 unspecified atom stereocenters. The second kappa shape index (κ2) is 4.49. The van der Waals surface area contributed by atoms with Gasteiger partial charge in [-0.25, -0.2) is 0 Å². The Labute approximate surface area is 80.4 Å². The van der Waals surface area contributed by atoms with E-state index in [-0.39, 0.29) is 0 Å². The van der Waals surface area contributed by atoms with Crippen LogP contribution in [0.5, 0.6) is 0 Å². The molecule has 3 heteroatoms. The quantitative estimate of drug-likeness (QED) is 0.579. The maximum Gasteiger partial charge on any atom is 0.0902 e. The Morgan fingerprint density at radius 3 is 2.00 bits per heavy atom. The molecule has 0 spiro atoms. The average Bonchev–Trinajstić information content (AvgIpc) is 2.00. The van der Waals surface area contributed by atoms with Crippen LogP contribution in [0.25, 0.3) is 0 Å². The molecule has 0 aliphatic carbocycles. The first kappa shape index (κ1) is 12.3. The Hall–Kier alpha value is 0.270. The zero-order valence-electron chi connectivity index (χ0n) is 8.17. The minimum Gasteiger partial charge on any atom is -0.387 e. The molecule has 0 bridgehead atoms. The van der Waals surface area contributed by atoms with Gasteiger partial charge in [-0.05, 0) is 38.9 Å². The summed E-state index contributed by atoms with van der Waals surface area (Å²) in [6, 6.07) is 0. The van der Waals surface area contributed by atoms with Crippen molar-refractivity contribution in [3.05, 3.63) is 0 Å². The monoisotopic (exact) mass is 192 g/mol. The summed E-state index contributed by atoms with van der Waals surface area (Å²) in [4.78, 5) is 0. The van der Waals surface area contributed by atoms with Crippen molar-refractivity contribution >= 4 is 12.6 Å². The van der Waals surface area contributed by atoms with E-state index in [0.29, 0.717) is 12.8 Å². The van der Waals surface area contributed by atoms with Crippen LogP contribution in [0.4, 0.5) is 0 Å². The number of hydrogen-bond donors (Lipinski definition) is 3. The van der Waals surface area contributed by atoms with E-state index in [4.69, 9.17) is 0 Å². The lowest BCUT2D eigenvalue weighted by Crippen LogP contribution is -2.49. The lowest BCUT2D eigenvalue weighted by molar-refractivity contribution is -0.136. The third kappa shape index (κ3) is 2.96. The summed E-state index contributed by atoms with van der Waals surface area (Å²) < 4.78 is 0. The van der Waals surface area contributed by atoms with Gasteiger partial charge in [0.25, 0.3) is 0 Å². The molecule has 0 fully saturated rings. The summed E-state index contributed by atoms with van der Waals surface area (Å²) in [5, 5.41) is 19.7. The molecule has 0 aromatic rings. The summed E-state index contributed by atoms with van der Waals surface area (Å²) in [7, 11) is 0. The van der Waals surface area contributed by atoms with Crippen LogP contribution in [-0.2, 0) is 0 Å². The van der Waals surface area contributed by atoms with Crippen molar-refractivity contribution in [2.75, 3.05) is 5.75 Å². The lowest BCUT2D eigenvalue weighted by Gasteiger charge is -2.38.